The molecule has 8 heteroatoms. The Balaban J connectivity index is 1.84. The van der Waals surface area contributed by atoms with E-state index >= 15 is 0 Å². The molecule has 0 unspecified atom stereocenters. The van der Waals surface area contributed by atoms with Gasteiger partial charge in [-0.15, -0.1) is 0 Å². The molecule has 1 amide bonds. The van der Waals surface area contributed by atoms with E-state index in [4.69, 9.17) is 21.5 Å². The molecule has 0 aliphatic rings. The van der Waals surface area contributed by atoms with Crippen molar-refractivity contribution < 1.29 is 17.9 Å². The predicted molar refractivity (Wildman–Crippen MR) is 108 cm³/mol. The lowest BCUT2D eigenvalue weighted by Gasteiger charge is -2.13. The number of sulfonamides is 1. The van der Waals surface area contributed by atoms with Gasteiger partial charge in [0, 0.05) is 5.69 Å². The molecule has 0 aliphatic carbocycles. The normalized spacial score (nSPS) is 11.1. The number of hydrogen-bond donors (Lipinski definition) is 2. The highest BCUT2D eigenvalue weighted by atomic mass is 35.5. The molecular weight excluding hydrogens is 400 g/mol. The third-order valence-electron chi connectivity index (χ3n) is 3.80. The van der Waals surface area contributed by atoms with Gasteiger partial charge in [0.2, 0.25) is 15.9 Å². The lowest BCUT2D eigenvalue weighted by molar-refractivity contribution is -0.115. The number of rotatable bonds is 6. The van der Waals surface area contributed by atoms with E-state index in [2.05, 4.69) is 5.32 Å². The molecule has 0 spiro atoms. The third kappa shape index (κ3) is 5.10. The van der Waals surface area contributed by atoms with Gasteiger partial charge in [-0.05, 0) is 35.9 Å². The van der Waals surface area contributed by atoms with Gasteiger partial charge in [0.1, 0.15) is 16.4 Å². The zero-order chi connectivity index (χ0) is 20.1. The van der Waals surface area contributed by atoms with Gasteiger partial charge in [0.25, 0.3) is 0 Å². The second kappa shape index (κ2) is 8.43. The van der Waals surface area contributed by atoms with Crippen LogP contribution in [-0.2, 0) is 21.2 Å². The van der Waals surface area contributed by atoms with Crippen molar-refractivity contribution >= 4 is 33.2 Å². The molecule has 0 saturated heterocycles. The number of hydrogen-bond acceptors (Lipinski definition) is 4. The van der Waals surface area contributed by atoms with Crippen molar-refractivity contribution in [2.75, 3.05) is 5.32 Å². The van der Waals surface area contributed by atoms with Crippen LogP contribution in [0.25, 0.3) is 0 Å². The molecule has 3 rings (SSSR count). The van der Waals surface area contributed by atoms with Gasteiger partial charge in [-0.2, -0.15) is 0 Å². The summed E-state index contributed by atoms with van der Waals surface area (Å²) in [6.07, 6.45) is 0.156. The summed E-state index contributed by atoms with van der Waals surface area (Å²) >= 11 is 6.06. The van der Waals surface area contributed by atoms with Crippen LogP contribution in [0.2, 0.25) is 5.02 Å². The topological polar surface area (TPSA) is 98.5 Å². The second-order valence-corrected chi connectivity index (χ2v) is 7.89. The smallest absolute Gasteiger partial charge is 0.241 e. The molecule has 0 fully saturated rings. The number of amides is 1. The third-order valence-corrected chi connectivity index (χ3v) is 5.04. The Morgan fingerprint density at radius 1 is 0.964 bits per heavy atom. The average Bonchev–Trinajstić information content (AvgIpc) is 2.64. The summed E-state index contributed by atoms with van der Waals surface area (Å²) in [7, 11) is -4.10. The first kappa shape index (κ1) is 19.9. The standard InChI is InChI=1S/C20H17ClN2O4S/c21-16-8-4-5-9-17(16)27-18-11-10-15(13-19(18)28(22,25)26)23-20(24)12-14-6-2-1-3-7-14/h1-11,13H,12H2,(H,23,24)(H2,22,25,26). The van der Waals surface area contributed by atoms with E-state index in [9.17, 15) is 13.2 Å². The van der Waals surface area contributed by atoms with E-state index in [1.54, 1.807) is 24.3 Å². The molecule has 144 valence electrons. The van der Waals surface area contributed by atoms with Crippen LogP contribution >= 0.6 is 11.6 Å². The van der Waals surface area contributed by atoms with Crippen molar-refractivity contribution in [3.63, 3.8) is 0 Å². The maximum absolute atomic E-state index is 12.2. The fraction of sp³-hybridized carbons (Fsp3) is 0.0500. The Morgan fingerprint density at radius 2 is 1.64 bits per heavy atom. The van der Waals surface area contributed by atoms with Gasteiger partial charge in [0.05, 0.1) is 11.4 Å². The average molecular weight is 417 g/mol. The Kier molecular flexibility index (Phi) is 5.99. The zero-order valence-corrected chi connectivity index (χ0v) is 16.2. The summed E-state index contributed by atoms with van der Waals surface area (Å²) in [4.78, 5) is 12.0. The first-order valence-electron chi connectivity index (χ1n) is 8.26. The molecule has 6 nitrogen and oxygen atoms in total. The van der Waals surface area contributed by atoms with Gasteiger partial charge in [-0.3, -0.25) is 4.79 Å². The fourth-order valence-corrected chi connectivity index (χ4v) is 3.38. The minimum absolute atomic E-state index is 0.0108. The van der Waals surface area contributed by atoms with Gasteiger partial charge in [-0.1, -0.05) is 54.1 Å². The Morgan fingerprint density at radius 3 is 2.32 bits per heavy atom. The number of nitrogens with one attached hydrogen (secondary N) is 1. The van der Waals surface area contributed by atoms with Crippen LogP contribution in [0.15, 0.2) is 77.7 Å². The largest absolute Gasteiger partial charge is 0.454 e. The minimum Gasteiger partial charge on any atom is -0.454 e. The molecule has 28 heavy (non-hydrogen) atoms. The van der Waals surface area contributed by atoms with Crippen molar-refractivity contribution in [2.45, 2.75) is 11.3 Å². The van der Waals surface area contributed by atoms with Gasteiger partial charge < -0.3 is 10.1 Å². The number of ether oxygens (including phenoxy) is 1. The SMILES string of the molecule is NS(=O)(=O)c1cc(NC(=O)Cc2ccccc2)ccc1Oc1ccccc1Cl. The van der Waals surface area contributed by atoms with Crippen molar-refractivity contribution in [3.8, 4) is 11.5 Å². The number of carbonyl (C=O) groups excluding carboxylic acids is 1. The zero-order valence-electron chi connectivity index (χ0n) is 14.6. The van der Waals surface area contributed by atoms with Crippen LogP contribution in [-0.4, -0.2) is 14.3 Å². The molecule has 0 bridgehead atoms. The number of primary sulfonamides is 1. The van der Waals surface area contributed by atoms with Crippen LogP contribution in [0, 0.1) is 0 Å². The van der Waals surface area contributed by atoms with Crippen molar-refractivity contribution in [3.05, 3.63) is 83.4 Å². The lowest BCUT2D eigenvalue weighted by atomic mass is 10.1. The van der Waals surface area contributed by atoms with Crippen LogP contribution in [0.5, 0.6) is 11.5 Å². The van der Waals surface area contributed by atoms with E-state index < -0.39 is 10.0 Å². The highest BCUT2D eigenvalue weighted by Crippen LogP contribution is 2.34. The quantitative estimate of drug-likeness (QED) is 0.635. The fourth-order valence-electron chi connectivity index (χ4n) is 2.52. The highest BCUT2D eigenvalue weighted by Gasteiger charge is 2.18. The summed E-state index contributed by atoms with van der Waals surface area (Å²) in [5.41, 5.74) is 1.13. The molecule has 0 saturated carbocycles. The van der Waals surface area contributed by atoms with Crippen molar-refractivity contribution in [1.82, 2.24) is 0 Å². The molecule has 3 aromatic rings. The Labute approximate surface area is 168 Å². The number of carbonyl (C=O) groups is 1. The number of benzene rings is 3. The first-order chi connectivity index (χ1) is 13.3. The molecule has 3 aromatic carbocycles. The Bertz CT molecular complexity index is 1100. The molecule has 0 aromatic heterocycles. The summed E-state index contributed by atoms with van der Waals surface area (Å²) < 4.78 is 29.6. The van der Waals surface area contributed by atoms with E-state index in [1.165, 1.54) is 18.2 Å². The second-order valence-electron chi connectivity index (χ2n) is 5.95. The summed E-state index contributed by atoms with van der Waals surface area (Å²) in [6, 6.07) is 20.0. The van der Waals surface area contributed by atoms with E-state index in [0.29, 0.717) is 5.02 Å². The van der Waals surface area contributed by atoms with E-state index in [1.807, 2.05) is 30.3 Å². The predicted octanol–water partition coefficient (Wildman–Crippen LogP) is 3.96. The summed E-state index contributed by atoms with van der Waals surface area (Å²) in [5.74, 6) is 0.0120. The van der Waals surface area contributed by atoms with Crippen LogP contribution in [0.1, 0.15) is 5.56 Å². The number of nitrogens with two attached hydrogens (primary N) is 1. The molecule has 3 N–H and O–H groups in total. The van der Waals surface area contributed by atoms with Crippen molar-refractivity contribution in [2.24, 2.45) is 5.14 Å². The number of halogens is 1. The monoisotopic (exact) mass is 416 g/mol. The number of para-hydroxylation sites is 1. The summed E-state index contributed by atoms with van der Waals surface area (Å²) in [5, 5.41) is 8.31. The van der Waals surface area contributed by atoms with Gasteiger partial charge >= 0.3 is 0 Å². The number of anilines is 1. The highest BCUT2D eigenvalue weighted by molar-refractivity contribution is 7.89. The first-order valence-corrected chi connectivity index (χ1v) is 10.2. The molecule has 0 aliphatic heterocycles. The minimum atomic E-state index is -4.10. The van der Waals surface area contributed by atoms with Gasteiger partial charge in [-0.25, -0.2) is 13.6 Å². The van der Waals surface area contributed by atoms with E-state index in [0.717, 1.165) is 5.56 Å². The maximum atomic E-state index is 12.2. The molecular formula is C20H17ClN2O4S. The van der Waals surface area contributed by atoms with Crippen molar-refractivity contribution in [1.29, 1.82) is 0 Å². The molecule has 0 radical (unpaired) electrons. The van der Waals surface area contributed by atoms with Crippen LogP contribution in [0.4, 0.5) is 5.69 Å². The molecule has 0 heterocycles. The van der Waals surface area contributed by atoms with Crippen LogP contribution in [0.3, 0.4) is 0 Å². The summed E-state index contributed by atoms with van der Waals surface area (Å²) in [6.45, 7) is 0. The van der Waals surface area contributed by atoms with Crippen LogP contribution < -0.4 is 15.2 Å². The van der Waals surface area contributed by atoms with Gasteiger partial charge in [0.15, 0.2) is 0 Å². The van der Waals surface area contributed by atoms with E-state index in [-0.39, 0.29) is 34.4 Å². The molecule has 0 atom stereocenters. The Hall–Kier alpha value is -2.87. The lowest BCUT2D eigenvalue weighted by Crippen LogP contribution is -2.17. The maximum Gasteiger partial charge on any atom is 0.241 e.